The summed E-state index contributed by atoms with van der Waals surface area (Å²) in [5.74, 6) is 1.40. The van der Waals surface area contributed by atoms with Crippen molar-refractivity contribution in [3.05, 3.63) is 0 Å². The molecule has 92 valence electrons. The molecule has 2 nitrogen and oxygen atoms in total. The van der Waals surface area contributed by atoms with Gasteiger partial charge in [-0.3, -0.25) is 4.79 Å². The molecule has 2 atom stereocenters. The van der Waals surface area contributed by atoms with Gasteiger partial charge in [0.2, 0.25) is 0 Å². The fraction of sp³-hybridized carbons (Fsp3) is 0.929. The standard InChI is InChI=1S/C14H24O2/c1-10(2)13-9-8-12(14(15)16-13)11-6-4-3-5-7-11/h10-13H,3-9H2,1-2H3. The van der Waals surface area contributed by atoms with Gasteiger partial charge in [0, 0.05) is 0 Å². The average molecular weight is 224 g/mol. The molecule has 1 saturated heterocycles. The molecular formula is C14H24O2. The molecular weight excluding hydrogens is 200 g/mol. The average Bonchev–Trinajstić information content (AvgIpc) is 2.30. The van der Waals surface area contributed by atoms with Crippen molar-refractivity contribution in [2.24, 2.45) is 17.8 Å². The molecule has 0 amide bonds. The largest absolute Gasteiger partial charge is 0.462 e. The summed E-state index contributed by atoms with van der Waals surface area (Å²) < 4.78 is 5.57. The van der Waals surface area contributed by atoms with Crippen LogP contribution in [0.2, 0.25) is 0 Å². The fourth-order valence-corrected chi connectivity index (χ4v) is 3.19. The number of hydrogen-bond acceptors (Lipinski definition) is 2. The summed E-state index contributed by atoms with van der Waals surface area (Å²) in [4.78, 5) is 12.0. The fourth-order valence-electron chi connectivity index (χ4n) is 3.19. The smallest absolute Gasteiger partial charge is 0.309 e. The Labute approximate surface area is 98.7 Å². The molecule has 0 radical (unpaired) electrons. The number of hydrogen-bond donors (Lipinski definition) is 0. The van der Waals surface area contributed by atoms with E-state index in [-0.39, 0.29) is 18.0 Å². The van der Waals surface area contributed by atoms with Gasteiger partial charge >= 0.3 is 5.97 Å². The zero-order valence-electron chi connectivity index (χ0n) is 10.6. The summed E-state index contributed by atoms with van der Waals surface area (Å²) in [5.41, 5.74) is 0. The second kappa shape index (κ2) is 5.20. The summed E-state index contributed by atoms with van der Waals surface area (Å²) in [5, 5.41) is 0. The van der Waals surface area contributed by atoms with E-state index in [9.17, 15) is 4.79 Å². The third kappa shape index (κ3) is 2.58. The summed E-state index contributed by atoms with van der Waals surface area (Å²) in [6.45, 7) is 4.28. The first-order valence-corrected chi connectivity index (χ1v) is 6.89. The third-order valence-corrected chi connectivity index (χ3v) is 4.29. The predicted octanol–water partition coefficient (Wildman–Crippen LogP) is 3.54. The minimum atomic E-state index is 0.0943. The Kier molecular flexibility index (Phi) is 3.88. The summed E-state index contributed by atoms with van der Waals surface area (Å²) in [7, 11) is 0. The van der Waals surface area contributed by atoms with Gasteiger partial charge < -0.3 is 4.74 Å². The van der Waals surface area contributed by atoms with E-state index in [1.165, 1.54) is 32.1 Å². The van der Waals surface area contributed by atoms with Crippen molar-refractivity contribution in [1.29, 1.82) is 0 Å². The first-order chi connectivity index (χ1) is 7.68. The number of ether oxygens (including phenoxy) is 1. The topological polar surface area (TPSA) is 26.3 Å². The lowest BCUT2D eigenvalue weighted by Gasteiger charge is -2.35. The number of cyclic esters (lactones) is 1. The molecule has 2 rings (SSSR count). The molecule has 2 heteroatoms. The summed E-state index contributed by atoms with van der Waals surface area (Å²) >= 11 is 0. The van der Waals surface area contributed by atoms with E-state index in [2.05, 4.69) is 13.8 Å². The van der Waals surface area contributed by atoms with Gasteiger partial charge in [0.15, 0.2) is 0 Å². The van der Waals surface area contributed by atoms with Crippen molar-refractivity contribution in [3.63, 3.8) is 0 Å². The first kappa shape index (κ1) is 11.9. The molecule has 2 fully saturated rings. The maximum atomic E-state index is 12.0. The molecule has 0 aromatic heterocycles. The van der Waals surface area contributed by atoms with E-state index in [0.717, 1.165) is 12.8 Å². The van der Waals surface area contributed by atoms with Gasteiger partial charge in [-0.05, 0) is 37.5 Å². The predicted molar refractivity (Wildman–Crippen MR) is 64.0 cm³/mol. The van der Waals surface area contributed by atoms with E-state index >= 15 is 0 Å². The van der Waals surface area contributed by atoms with Gasteiger partial charge in [0.1, 0.15) is 6.10 Å². The SMILES string of the molecule is CC(C)C1CCC(C2CCCCC2)C(=O)O1. The van der Waals surface area contributed by atoms with Crippen molar-refractivity contribution < 1.29 is 9.53 Å². The van der Waals surface area contributed by atoms with Crippen LogP contribution in [0.5, 0.6) is 0 Å². The highest BCUT2D eigenvalue weighted by molar-refractivity contribution is 5.73. The normalized spacial score (nSPS) is 32.8. The molecule has 1 heterocycles. The number of esters is 1. The Bertz CT molecular complexity index is 241. The second-order valence-electron chi connectivity index (χ2n) is 5.80. The van der Waals surface area contributed by atoms with Gasteiger partial charge in [-0.15, -0.1) is 0 Å². The van der Waals surface area contributed by atoms with E-state index in [4.69, 9.17) is 4.74 Å². The maximum absolute atomic E-state index is 12.0. The quantitative estimate of drug-likeness (QED) is 0.671. The Morgan fingerprint density at radius 2 is 1.75 bits per heavy atom. The zero-order valence-corrected chi connectivity index (χ0v) is 10.6. The molecule has 2 unspecified atom stereocenters. The molecule has 1 aliphatic heterocycles. The van der Waals surface area contributed by atoms with Gasteiger partial charge in [-0.1, -0.05) is 33.1 Å². The Hall–Kier alpha value is -0.530. The van der Waals surface area contributed by atoms with Crippen molar-refractivity contribution in [1.82, 2.24) is 0 Å². The minimum absolute atomic E-state index is 0.0943. The molecule has 1 saturated carbocycles. The molecule has 0 spiro atoms. The van der Waals surface area contributed by atoms with Crippen molar-refractivity contribution in [2.75, 3.05) is 0 Å². The van der Waals surface area contributed by atoms with Crippen LogP contribution < -0.4 is 0 Å². The highest BCUT2D eigenvalue weighted by atomic mass is 16.5. The number of carbonyl (C=O) groups is 1. The van der Waals surface area contributed by atoms with E-state index < -0.39 is 0 Å². The highest BCUT2D eigenvalue weighted by Crippen LogP contribution is 2.37. The van der Waals surface area contributed by atoms with Crippen LogP contribution in [0.3, 0.4) is 0 Å². The van der Waals surface area contributed by atoms with Crippen molar-refractivity contribution in [2.45, 2.75) is 64.9 Å². The Morgan fingerprint density at radius 3 is 2.31 bits per heavy atom. The van der Waals surface area contributed by atoms with E-state index in [1.807, 2.05) is 0 Å². The van der Waals surface area contributed by atoms with Crippen LogP contribution in [0.4, 0.5) is 0 Å². The van der Waals surface area contributed by atoms with Gasteiger partial charge in [-0.25, -0.2) is 0 Å². The van der Waals surface area contributed by atoms with Crippen LogP contribution in [0, 0.1) is 17.8 Å². The van der Waals surface area contributed by atoms with Crippen molar-refractivity contribution in [3.8, 4) is 0 Å². The minimum Gasteiger partial charge on any atom is -0.462 e. The zero-order chi connectivity index (χ0) is 11.5. The summed E-state index contributed by atoms with van der Waals surface area (Å²) in [6, 6.07) is 0. The molecule has 16 heavy (non-hydrogen) atoms. The molecule has 0 aromatic carbocycles. The molecule has 0 aromatic rings. The van der Waals surface area contributed by atoms with Crippen LogP contribution >= 0.6 is 0 Å². The number of rotatable bonds is 2. The molecule has 0 N–H and O–H groups in total. The monoisotopic (exact) mass is 224 g/mol. The van der Waals surface area contributed by atoms with Crippen LogP contribution in [-0.4, -0.2) is 12.1 Å². The molecule has 0 bridgehead atoms. The van der Waals surface area contributed by atoms with Crippen LogP contribution in [-0.2, 0) is 9.53 Å². The van der Waals surface area contributed by atoms with Crippen LogP contribution in [0.15, 0.2) is 0 Å². The summed E-state index contributed by atoms with van der Waals surface area (Å²) in [6.07, 6.45) is 8.76. The Balaban J connectivity index is 1.90. The second-order valence-corrected chi connectivity index (χ2v) is 5.80. The lowest BCUT2D eigenvalue weighted by Crippen LogP contribution is -2.38. The Morgan fingerprint density at radius 1 is 1.06 bits per heavy atom. The number of carbonyl (C=O) groups excluding carboxylic acids is 1. The first-order valence-electron chi connectivity index (χ1n) is 6.89. The van der Waals surface area contributed by atoms with E-state index in [0.29, 0.717) is 11.8 Å². The van der Waals surface area contributed by atoms with E-state index in [1.54, 1.807) is 0 Å². The third-order valence-electron chi connectivity index (χ3n) is 4.29. The maximum Gasteiger partial charge on any atom is 0.309 e. The lowest BCUT2D eigenvalue weighted by atomic mass is 9.76. The lowest BCUT2D eigenvalue weighted by molar-refractivity contribution is -0.166. The van der Waals surface area contributed by atoms with Gasteiger partial charge in [0.05, 0.1) is 5.92 Å². The van der Waals surface area contributed by atoms with Crippen LogP contribution in [0.25, 0.3) is 0 Å². The van der Waals surface area contributed by atoms with Gasteiger partial charge in [-0.2, -0.15) is 0 Å². The van der Waals surface area contributed by atoms with Gasteiger partial charge in [0.25, 0.3) is 0 Å². The highest BCUT2D eigenvalue weighted by Gasteiger charge is 2.36. The van der Waals surface area contributed by atoms with Crippen molar-refractivity contribution >= 4 is 5.97 Å². The molecule has 1 aliphatic carbocycles. The van der Waals surface area contributed by atoms with Crippen LogP contribution in [0.1, 0.15) is 58.8 Å². The molecule has 2 aliphatic rings.